The van der Waals surface area contributed by atoms with Crippen LogP contribution in [0.25, 0.3) is 0 Å². The number of piperidine rings is 1. The summed E-state index contributed by atoms with van der Waals surface area (Å²) >= 11 is 0. The lowest BCUT2D eigenvalue weighted by atomic mass is 10.0. The first-order valence-electron chi connectivity index (χ1n) is 10.8. The standard InChI is InChI=1S/C22H30F3N5/c23-22(24,25)19-5-1-6-20(17-19)28-13-15-29(16-14-28)21-7-2-9-27(18-21)10-4-12-30-11-3-8-26-30/h1,3,5-6,8,11,17,21H,2,4,7,9-10,12-16,18H2. The van der Waals surface area contributed by atoms with E-state index in [0.717, 1.165) is 64.8 Å². The molecule has 1 aromatic carbocycles. The van der Waals surface area contributed by atoms with Crippen LogP contribution in [-0.4, -0.2) is 71.4 Å². The molecule has 0 amide bonds. The highest BCUT2D eigenvalue weighted by molar-refractivity contribution is 5.49. The molecule has 0 saturated carbocycles. The maximum atomic E-state index is 13.0. The Labute approximate surface area is 176 Å². The van der Waals surface area contributed by atoms with Crippen LogP contribution in [0.5, 0.6) is 0 Å². The average molecular weight is 422 g/mol. The Kier molecular flexibility index (Phi) is 6.63. The minimum absolute atomic E-state index is 0.548. The maximum absolute atomic E-state index is 13.0. The number of rotatable bonds is 6. The smallest absolute Gasteiger partial charge is 0.369 e. The Hall–Kier alpha value is -2.06. The highest BCUT2D eigenvalue weighted by atomic mass is 19.4. The van der Waals surface area contributed by atoms with Crippen molar-refractivity contribution >= 4 is 5.69 Å². The molecular weight excluding hydrogens is 391 g/mol. The van der Waals surface area contributed by atoms with Crippen LogP contribution >= 0.6 is 0 Å². The van der Waals surface area contributed by atoms with Gasteiger partial charge in [0.05, 0.1) is 5.56 Å². The Morgan fingerprint density at radius 1 is 1.00 bits per heavy atom. The molecule has 164 valence electrons. The van der Waals surface area contributed by atoms with Gasteiger partial charge in [0.1, 0.15) is 0 Å². The van der Waals surface area contributed by atoms with Crippen molar-refractivity contribution < 1.29 is 13.2 Å². The minimum atomic E-state index is -4.29. The maximum Gasteiger partial charge on any atom is 0.416 e. The fourth-order valence-electron chi connectivity index (χ4n) is 4.65. The largest absolute Gasteiger partial charge is 0.416 e. The van der Waals surface area contributed by atoms with Gasteiger partial charge < -0.3 is 9.80 Å². The van der Waals surface area contributed by atoms with E-state index in [1.807, 2.05) is 23.1 Å². The predicted octanol–water partition coefficient (Wildman–Crippen LogP) is 3.58. The summed E-state index contributed by atoms with van der Waals surface area (Å²) in [6, 6.07) is 8.21. The molecule has 4 rings (SSSR count). The number of nitrogens with zero attached hydrogens (tertiary/aromatic N) is 5. The molecule has 8 heteroatoms. The van der Waals surface area contributed by atoms with Crippen molar-refractivity contribution in [2.24, 2.45) is 0 Å². The number of alkyl halides is 3. The number of aromatic nitrogens is 2. The van der Waals surface area contributed by atoms with Gasteiger partial charge in [-0.15, -0.1) is 0 Å². The zero-order valence-electron chi connectivity index (χ0n) is 17.3. The van der Waals surface area contributed by atoms with Crippen molar-refractivity contribution in [3.05, 3.63) is 48.3 Å². The van der Waals surface area contributed by atoms with Crippen LogP contribution in [0.3, 0.4) is 0 Å². The third-order valence-corrected chi connectivity index (χ3v) is 6.27. The fourth-order valence-corrected chi connectivity index (χ4v) is 4.65. The van der Waals surface area contributed by atoms with E-state index in [1.165, 1.54) is 25.0 Å². The van der Waals surface area contributed by atoms with Crippen LogP contribution < -0.4 is 4.90 Å². The van der Waals surface area contributed by atoms with Gasteiger partial charge in [-0.1, -0.05) is 6.07 Å². The molecule has 3 heterocycles. The molecule has 2 saturated heterocycles. The molecule has 0 spiro atoms. The van der Waals surface area contributed by atoms with Gasteiger partial charge in [-0.3, -0.25) is 9.58 Å². The third kappa shape index (κ3) is 5.35. The first-order valence-corrected chi connectivity index (χ1v) is 10.8. The SMILES string of the molecule is FC(F)(F)c1cccc(N2CCN(C3CCCN(CCCn4cccn4)C3)CC2)c1. The van der Waals surface area contributed by atoms with Gasteiger partial charge in [0.25, 0.3) is 0 Å². The molecule has 30 heavy (non-hydrogen) atoms. The summed E-state index contributed by atoms with van der Waals surface area (Å²) in [5.74, 6) is 0. The monoisotopic (exact) mass is 421 g/mol. The zero-order valence-corrected chi connectivity index (χ0v) is 17.3. The average Bonchev–Trinajstić information content (AvgIpc) is 3.27. The molecule has 5 nitrogen and oxygen atoms in total. The molecule has 0 N–H and O–H groups in total. The lowest BCUT2D eigenvalue weighted by Crippen LogP contribution is -2.55. The summed E-state index contributed by atoms with van der Waals surface area (Å²) in [6.07, 6.45) is 3.04. The first kappa shape index (κ1) is 21.2. The van der Waals surface area contributed by atoms with E-state index in [0.29, 0.717) is 11.7 Å². The second kappa shape index (κ2) is 9.39. The first-order chi connectivity index (χ1) is 14.5. The second-order valence-electron chi connectivity index (χ2n) is 8.29. The topological polar surface area (TPSA) is 27.5 Å². The van der Waals surface area contributed by atoms with E-state index >= 15 is 0 Å². The van der Waals surface area contributed by atoms with Crippen LogP contribution in [0.4, 0.5) is 18.9 Å². The number of anilines is 1. The molecule has 2 fully saturated rings. The Morgan fingerprint density at radius 3 is 2.57 bits per heavy atom. The van der Waals surface area contributed by atoms with Crippen molar-refractivity contribution in [3.63, 3.8) is 0 Å². The van der Waals surface area contributed by atoms with Crippen molar-refractivity contribution in [1.82, 2.24) is 19.6 Å². The summed E-state index contributed by atoms with van der Waals surface area (Å²) < 4.78 is 41.0. The summed E-state index contributed by atoms with van der Waals surface area (Å²) in [5.41, 5.74) is 0.105. The molecule has 1 unspecified atom stereocenters. The summed E-state index contributed by atoms with van der Waals surface area (Å²) in [6.45, 7) is 7.63. The van der Waals surface area contributed by atoms with Crippen LogP contribution in [0.15, 0.2) is 42.7 Å². The molecule has 1 aromatic heterocycles. The number of benzene rings is 1. The fraction of sp³-hybridized carbons (Fsp3) is 0.591. The van der Waals surface area contributed by atoms with E-state index in [2.05, 4.69) is 19.8 Å². The number of likely N-dealkylation sites (tertiary alicyclic amines) is 1. The van der Waals surface area contributed by atoms with Gasteiger partial charge in [0.15, 0.2) is 0 Å². The van der Waals surface area contributed by atoms with Gasteiger partial charge >= 0.3 is 6.18 Å². The van der Waals surface area contributed by atoms with E-state index < -0.39 is 11.7 Å². The van der Waals surface area contributed by atoms with Gasteiger partial charge in [-0.05, 0) is 56.6 Å². The summed E-state index contributed by atoms with van der Waals surface area (Å²) in [4.78, 5) is 7.16. The molecular formula is C22H30F3N5. The molecule has 2 aliphatic heterocycles. The van der Waals surface area contributed by atoms with Crippen LogP contribution in [0.2, 0.25) is 0 Å². The van der Waals surface area contributed by atoms with Crippen molar-refractivity contribution in [3.8, 4) is 0 Å². The van der Waals surface area contributed by atoms with Crippen LogP contribution in [0.1, 0.15) is 24.8 Å². The van der Waals surface area contributed by atoms with Crippen molar-refractivity contribution in [2.75, 3.05) is 50.7 Å². The second-order valence-corrected chi connectivity index (χ2v) is 8.29. The Morgan fingerprint density at radius 2 is 1.83 bits per heavy atom. The van der Waals surface area contributed by atoms with Crippen LogP contribution in [-0.2, 0) is 12.7 Å². The summed E-state index contributed by atoms with van der Waals surface area (Å²) in [7, 11) is 0. The van der Waals surface area contributed by atoms with Gasteiger partial charge in [-0.2, -0.15) is 18.3 Å². The van der Waals surface area contributed by atoms with Crippen LogP contribution in [0, 0.1) is 0 Å². The van der Waals surface area contributed by atoms with Gasteiger partial charge in [0, 0.05) is 63.4 Å². The quantitative estimate of drug-likeness (QED) is 0.713. The number of aryl methyl sites for hydroxylation is 1. The van der Waals surface area contributed by atoms with Crippen molar-refractivity contribution in [1.29, 1.82) is 0 Å². The highest BCUT2D eigenvalue weighted by Crippen LogP contribution is 2.32. The molecule has 0 radical (unpaired) electrons. The van der Waals surface area contributed by atoms with E-state index in [-0.39, 0.29) is 0 Å². The van der Waals surface area contributed by atoms with Gasteiger partial charge in [0.2, 0.25) is 0 Å². The lowest BCUT2D eigenvalue weighted by molar-refractivity contribution is -0.137. The number of hydrogen-bond acceptors (Lipinski definition) is 4. The molecule has 0 bridgehead atoms. The predicted molar refractivity (Wildman–Crippen MR) is 112 cm³/mol. The lowest BCUT2D eigenvalue weighted by Gasteiger charge is -2.44. The molecule has 1 atom stereocenters. The Balaban J connectivity index is 1.25. The zero-order chi connectivity index (χ0) is 21.0. The summed E-state index contributed by atoms with van der Waals surface area (Å²) in [5, 5.41) is 4.26. The molecule has 2 aliphatic rings. The van der Waals surface area contributed by atoms with E-state index in [1.54, 1.807) is 6.07 Å². The van der Waals surface area contributed by atoms with E-state index in [4.69, 9.17) is 0 Å². The number of piperazine rings is 1. The number of halogens is 3. The molecule has 2 aromatic rings. The normalized spacial score (nSPS) is 21.8. The Bertz CT molecular complexity index is 784. The number of hydrogen-bond donors (Lipinski definition) is 0. The van der Waals surface area contributed by atoms with Crippen molar-refractivity contribution in [2.45, 2.75) is 38.0 Å². The highest BCUT2D eigenvalue weighted by Gasteiger charge is 2.32. The van der Waals surface area contributed by atoms with E-state index in [9.17, 15) is 13.2 Å². The minimum Gasteiger partial charge on any atom is -0.369 e. The third-order valence-electron chi connectivity index (χ3n) is 6.27. The molecule has 0 aliphatic carbocycles. The van der Waals surface area contributed by atoms with Gasteiger partial charge in [-0.25, -0.2) is 0 Å².